The molecule has 0 saturated heterocycles. The van der Waals surface area contributed by atoms with Crippen molar-refractivity contribution in [3.63, 3.8) is 0 Å². The van der Waals surface area contributed by atoms with Crippen LogP contribution >= 0.6 is 0 Å². The third kappa shape index (κ3) is 5.51. The second-order valence-electron chi connectivity index (χ2n) is 5.93. The summed E-state index contributed by atoms with van der Waals surface area (Å²) in [6.45, 7) is 2.53. The fourth-order valence-corrected chi connectivity index (χ4v) is 2.39. The smallest absolute Gasteiger partial charge is 0.340 e. The molecule has 6 heteroatoms. The van der Waals surface area contributed by atoms with E-state index in [0.29, 0.717) is 17.8 Å². The summed E-state index contributed by atoms with van der Waals surface area (Å²) in [7, 11) is 3.97. The number of anilines is 3. The maximum absolute atomic E-state index is 12.2. The normalized spacial score (nSPS) is 10.1. The van der Waals surface area contributed by atoms with Crippen LogP contribution in [0.3, 0.4) is 0 Å². The number of hydrogen-bond donors (Lipinski definition) is 2. The quantitative estimate of drug-likeness (QED) is 0.711. The van der Waals surface area contributed by atoms with Crippen LogP contribution in [0.5, 0.6) is 0 Å². The van der Waals surface area contributed by atoms with Gasteiger partial charge in [-0.25, -0.2) is 4.79 Å². The standard InChI is InChI=1S/C20H25N3O3/c1-4-26-20(25)17-7-5-6-8-18(17)22-19(24)13-14-21-15-9-11-16(12-10-15)23(2)3/h5-12,21H,4,13-14H2,1-3H3,(H,22,24). The molecule has 0 spiro atoms. The number of nitrogens with zero attached hydrogens (tertiary/aromatic N) is 1. The lowest BCUT2D eigenvalue weighted by Gasteiger charge is -2.13. The molecule has 0 aromatic heterocycles. The first-order valence-corrected chi connectivity index (χ1v) is 8.58. The summed E-state index contributed by atoms with van der Waals surface area (Å²) < 4.78 is 5.01. The van der Waals surface area contributed by atoms with E-state index in [4.69, 9.17) is 4.74 Å². The Kier molecular flexibility index (Phi) is 7.02. The van der Waals surface area contributed by atoms with Crippen molar-refractivity contribution >= 4 is 28.9 Å². The monoisotopic (exact) mass is 355 g/mol. The van der Waals surface area contributed by atoms with Crippen molar-refractivity contribution in [2.75, 3.05) is 42.8 Å². The molecule has 0 saturated carbocycles. The topological polar surface area (TPSA) is 70.7 Å². The number of benzene rings is 2. The highest BCUT2D eigenvalue weighted by molar-refractivity contribution is 6.01. The zero-order valence-electron chi connectivity index (χ0n) is 15.4. The Balaban J connectivity index is 1.86. The zero-order chi connectivity index (χ0) is 18.9. The van der Waals surface area contributed by atoms with Crippen LogP contribution in [0.4, 0.5) is 17.1 Å². The molecule has 2 aromatic carbocycles. The lowest BCUT2D eigenvalue weighted by molar-refractivity contribution is -0.115. The number of nitrogens with one attached hydrogen (secondary N) is 2. The van der Waals surface area contributed by atoms with Gasteiger partial charge >= 0.3 is 5.97 Å². The maximum Gasteiger partial charge on any atom is 0.340 e. The Labute approximate surface area is 154 Å². The van der Waals surface area contributed by atoms with E-state index in [-0.39, 0.29) is 18.9 Å². The SMILES string of the molecule is CCOC(=O)c1ccccc1NC(=O)CCNc1ccc(N(C)C)cc1. The number of amides is 1. The zero-order valence-corrected chi connectivity index (χ0v) is 15.4. The third-order valence-electron chi connectivity index (χ3n) is 3.76. The van der Waals surface area contributed by atoms with Crippen molar-refractivity contribution in [1.29, 1.82) is 0 Å². The molecule has 0 aliphatic carbocycles. The molecule has 0 aliphatic rings. The molecule has 2 aromatic rings. The Morgan fingerprint density at radius 2 is 1.73 bits per heavy atom. The van der Waals surface area contributed by atoms with Gasteiger partial charge in [0.1, 0.15) is 0 Å². The number of carbonyl (C=O) groups is 2. The van der Waals surface area contributed by atoms with Crippen molar-refractivity contribution in [3.8, 4) is 0 Å². The molecule has 26 heavy (non-hydrogen) atoms. The predicted octanol–water partition coefficient (Wildman–Crippen LogP) is 3.37. The Hall–Kier alpha value is -3.02. The van der Waals surface area contributed by atoms with Gasteiger partial charge in [0.25, 0.3) is 0 Å². The molecule has 0 heterocycles. The summed E-state index contributed by atoms with van der Waals surface area (Å²) in [6, 6.07) is 14.8. The lowest BCUT2D eigenvalue weighted by Crippen LogP contribution is -2.18. The second-order valence-corrected chi connectivity index (χ2v) is 5.93. The first-order valence-electron chi connectivity index (χ1n) is 8.58. The van der Waals surface area contributed by atoms with Gasteiger partial charge in [0.2, 0.25) is 5.91 Å². The Morgan fingerprint density at radius 1 is 1.04 bits per heavy atom. The average molecular weight is 355 g/mol. The molecule has 0 bridgehead atoms. The van der Waals surface area contributed by atoms with Crippen LogP contribution < -0.4 is 15.5 Å². The summed E-state index contributed by atoms with van der Waals surface area (Å²) in [4.78, 5) is 26.1. The third-order valence-corrected chi connectivity index (χ3v) is 3.76. The van der Waals surface area contributed by atoms with Gasteiger partial charge in [-0.1, -0.05) is 12.1 Å². The first kappa shape index (κ1) is 19.3. The molecule has 2 rings (SSSR count). The molecule has 0 aliphatic heterocycles. The fraction of sp³-hybridized carbons (Fsp3) is 0.300. The van der Waals surface area contributed by atoms with Gasteiger partial charge in [-0.05, 0) is 43.3 Å². The van der Waals surface area contributed by atoms with Gasteiger partial charge in [-0.15, -0.1) is 0 Å². The van der Waals surface area contributed by atoms with Crippen LogP contribution in [-0.4, -0.2) is 39.1 Å². The predicted molar refractivity (Wildman–Crippen MR) is 105 cm³/mol. The van der Waals surface area contributed by atoms with Crippen molar-refractivity contribution in [3.05, 3.63) is 54.1 Å². The summed E-state index contributed by atoms with van der Waals surface area (Å²) in [6.07, 6.45) is 0.284. The molecule has 0 atom stereocenters. The lowest BCUT2D eigenvalue weighted by atomic mass is 10.1. The molecule has 0 unspecified atom stereocenters. The van der Waals surface area contributed by atoms with Crippen LogP contribution in [0.2, 0.25) is 0 Å². The highest BCUT2D eigenvalue weighted by Crippen LogP contribution is 2.17. The van der Waals surface area contributed by atoms with Gasteiger partial charge in [0.05, 0.1) is 17.9 Å². The molecule has 6 nitrogen and oxygen atoms in total. The number of para-hydroxylation sites is 1. The number of hydrogen-bond acceptors (Lipinski definition) is 5. The van der Waals surface area contributed by atoms with Gasteiger partial charge in [0, 0.05) is 38.4 Å². The van der Waals surface area contributed by atoms with Crippen molar-refractivity contribution < 1.29 is 14.3 Å². The molecule has 2 N–H and O–H groups in total. The van der Waals surface area contributed by atoms with Crippen molar-refractivity contribution in [2.45, 2.75) is 13.3 Å². The van der Waals surface area contributed by atoms with Gasteiger partial charge in [0.15, 0.2) is 0 Å². The van der Waals surface area contributed by atoms with E-state index < -0.39 is 5.97 Å². The van der Waals surface area contributed by atoms with Crippen molar-refractivity contribution in [1.82, 2.24) is 0 Å². The van der Waals surface area contributed by atoms with E-state index in [0.717, 1.165) is 11.4 Å². The van der Waals surface area contributed by atoms with Gasteiger partial charge in [-0.3, -0.25) is 4.79 Å². The van der Waals surface area contributed by atoms with Crippen LogP contribution in [0, 0.1) is 0 Å². The van der Waals surface area contributed by atoms with E-state index in [1.807, 2.05) is 43.3 Å². The summed E-state index contributed by atoms with van der Waals surface area (Å²) in [5.41, 5.74) is 2.89. The van der Waals surface area contributed by atoms with Gasteiger partial charge in [-0.2, -0.15) is 0 Å². The van der Waals surface area contributed by atoms with E-state index in [1.54, 1.807) is 31.2 Å². The highest BCUT2D eigenvalue weighted by Gasteiger charge is 2.13. The molecule has 0 radical (unpaired) electrons. The molecular weight excluding hydrogens is 330 g/mol. The first-order chi connectivity index (χ1) is 12.5. The van der Waals surface area contributed by atoms with E-state index >= 15 is 0 Å². The van der Waals surface area contributed by atoms with E-state index in [1.165, 1.54) is 0 Å². The summed E-state index contributed by atoms with van der Waals surface area (Å²) in [5, 5.41) is 5.99. The number of rotatable bonds is 8. The molecule has 138 valence electrons. The molecule has 1 amide bonds. The summed E-state index contributed by atoms with van der Waals surface area (Å²) >= 11 is 0. The minimum atomic E-state index is -0.442. The number of esters is 1. The highest BCUT2D eigenvalue weighted by atomic mass is 16.5. The minimum Gasteiger partial charge on any atom is -0.462 e. The Morgan fingerprint density at radius 3 is 2.38 bits per heavy atom. The number of carbonyl (C=O) groups excluding carboxylic acids is 2. The van der Waals surface area contributed by atoms with Crippen LogP contribution in [-0.2, 0) is 9.53 Å². The van der Waals surface area contributed by atoms with Crippen LogP contribution in [0.25, 0.3) is 0 Å². The molecular formula is C20H25N3O3. The van der Waals surface area contributed by atoms with Crippen molar-refractivity contribution in [2.24, 2.45) is 0 Å². The van der Waals surface area contributed by atoms with Crippen LogP contribution in [0.15, 0.2) is 48.5 Å². The maximum atomic E-state index is 12.2. The summed E-state index contributed by atoms with van der Waals surface area (Å²) in [5.74, 6) is -0.610. The largest absolute Gasteiger partial charge is 0.462 e. The fourth-order valence-electron chi connectivity index (χ4n) is 2.39. The minimum absolute atomic E-state index is 0.167. The number of ether oxygens (including phenoxy) is 1. The van der Waals surface area contributed by atoms with E-state index in [2.05, 4.69) is 10.6 Å². The molecule has 0 fully saturated rings. The van der Waals surface area contributed by atoms with Gasteiger partial charge < -0.3 is 20.3 Å². The second kappa shape index (κ2) is 9.46. The van der Waals surface area contributed by atoms with E-state index in [9.17, 15) is 9.59 Å². The average Bonchev–Trinajstić information content (AvgIpc) is 2.62. The van der Waals surface area contributed by atoms with Crippen LogP contribution in [0.1, 0.15) is 23.7 Å². The Bertz CT molecular complexity index is 742.